The largest absolute Gasteiger partial charge is 0.356 e. The van der Waals surface area contributed by atoms with Crippen LogP contribution in [0.1, 0.15) is 34.0 Å². The second kappa shape index (κ2) is 7.98. The molecule has 0 bridgehead atoms. The van der Waals surface area contributed by atoms with Gasteiger partial charge in [-0.2, -0.15) is 0 Å². The molecule has 162 valence electrons. The number of hydrogen-bond acceptors (Lipinski definition) is 5. The summed E-state index contributed by atoms with van der Waals surface area (Å²) in [4.78, 5) is 31.0. The maximum absolute atomic E-state index is 13.4. The number of fused-ring (bicyclic) bond motifs is 2. The Kier molecular flexibility index (Phi) is 4.80. The first kappa shape index (κ1) is 19.9. The van der Waals surface area contributed by atoms with Crippen molar-refractivity contribution in [3.05, 3.63) is 110 Å². The van der Waals surface area contributed by atoms with Gasteiger partial charge >= 0.3 is 0 Å². The zero-order valence-corrected chi connectivity index (χ0v) is 19.0. The van der Waals surface area contributed by atoms with E-state index in [1.807, 2.05) is 54.7 Å². The van der Waals surface area contributed by atoms with Crippen molar-refractivity contribution in [2.45, 2.75) is 25.9 Å². The molecular formula is C27H22N4OS. The van der Waals surface area contributed by atoms with Crippen LogP contribution in [0.2, 0.25) is 0 Å². The van der Waals surface area contributed by atoms with E-state index in [2.05, 4.69) is 40.0 Å². The molecule has 1 aromatic carbocycles. The van der Waals surface area contributed by atoms with E-state index in [4.69, 9.17) is 4.98 Å². The van der Waals surface area contributed by atoms with Gasteiger partial charge < -0.3 is 9.88 Å². The number of H-pyrrole nitrogens is 1. The van der Waals surface area contributed by atoms with Crippen LogP contribution in [0, 0.1) is 0 Å². The predicted octanol–water partition coefficient (Wildman–Crippen LogP) is 5.72. The van der Waals surface area contributed by atoms with E-state index in [1.165, 1.54) is 9.75 Å². The van der Waals surface area contributed by atoms with Crippen LogP contribution < -0.4 is 10.3 Å². The van der Waals surface area contributed by atoms with Crippen LogP contribution in [0.3, 0.4) is 0 Å². The third-order valence-corrected chi connectivity index (χ3v) is 7.54. The summed E-state index contributed by atoms with van der Waals surface area (Å²) in [5.41, 5.74) is 4.63. The lowest BCUT2D eigenvalue weighted by Crippen LogP contribution is -2.23. The summed E-state index contributed by atoms with van der Waals surface area (Å²) in [6.45, 7) is 2.69. The number of hydrogen-bond donors (Lipinski definition) is 1. The van der Waals surface area contributed by atoms with Gasteiger partial charge in [-0.05, 0) is 55.0 Å². The molecular weight excluding hydrogens is 428 g/mol. The summed E-state index contributed by atoms with van der Waals surface area (Å²) in [5.74, 6) is 0.846. The number of anilines is 1. The quantitative estimate of drug-likeness (QED) is 0.380. The van der Waals surface area contributed by atoms with Gasteiger partial charge in [0.25, 0.3) is 0 Å². The maximum Gasteiger partial charge on any atom is 0.194 e. The van der Waals surface area contributed by atoms with Gasteiger partial charge in [0, 0.05) is 44.2 Å². The van der Waals surface area contributed by atoms with Gasteiger partial charge in [0.15, 0.2) is 5.43 Å². The fourth-order valence-corrected chi connectivity index (χ4v) is 5.66. The van der Waals surface area contributed by atoms with Crippen molar-refractivity contribution >= 4 is 28.1 Å². The molecule has 5 nitrogen and oxygen atoms in total. The molecule has 0 spiro atoms. The Morgan fingerprint density at radius 1 is 1.03 bits per heavy atom. The van der Waals surface area contributed by atoms with Crippen molar-refractivity contribution in [2.75, 3.05) is 4.90 Å². The minimum absolute atomic E-state index is 0.0733. The topological polar surface area (TPSA) is 61.9 Å². The molecule has 0 radical (unpaired) electrons. The number of nitrogens with one attached hydrogen (secondary N) is 1. The Hall–Kier alpha value is -3.77. The smallest absolute Gasteiger partial charge is 0.194 e. The molecule has 0 saturated heterocycles. The fourth-order valence-electron chi connectivity index (χ4n) is 4.58. The van der Waals surface area contributed by atoms with E-state index >= 15 is 0 Å². The predicted molar refractivity (Wildman–Crippen MR) is 134 cm³/mol. The molecule has 1 aliphatic rings. The van der Waals surface area contributed by atoms with Crippen LogP contribution in [-0.2, 0) is 13.0 Å². The second-order valence-corrected chi connectivity index (χ2v) is 9.40. The highest BCUT2D eigenvalue weighted by Gasteiger charge is 2.36. The van der Waals surface area contributed by atoms with Gasteiger partial charge in [-0.1, -0.05) is 25.1 Å². The van der Waals surface area contributed by atoms with Crippen molar-refractivity contribution < 1.29 is 0 Å². The summed E-state index contributed by atoms with van der Waals surface area (Å²) in [5, 5.41) is 0.732. The van der Waals surface area contributed by atoms with Crippen LogP contribution in [0.25, 0.3) is 22.2 Å². The summed E-state index contributed by atoms with van der Waals surface area (Å²) < 4.78 is 0. The number of aryl methyl sites for hydroxylation is 1. The number of para-hydroxylation sites is 1. The van der Waals surface area contributed by atoms with E-state index in [1.54, 1.807) is 17.5 Å². The van der Waals surface area contributed by atoms with Gasteiger partial charge in [0.2, 0.25) is 0 Å². The summed E-state index contributed by atoms with van der Waals surface area (Å²) in [6, 6.07) is 22.0. The van der Waals surface area contributed by atoms with Crippen LogP contribution in [0.5, 0.6) is 0 Å². The van der Waals surface area contributed by atoms with Gasteiger partial charge in [-0.3, -0.25) is 9.78 Å². The average Bonchev–Trinajstić information content (AvgIpc) is 3.49. The first-order valence-electron chi connectivity index (χ1n) is 11.1. The van der Waals surface area contributed by atoms with Crippen LogP contribution in [0.4, 0.5) is 5.82 Å². The summed E-state index contributed by atoms with van der Waals surface area (Å²) in [6.07, 6.45) is 4.65. The minimum Gasteiger partial charge on any atom is -0.356 e. The molecule has 0 fully saturated rings. The molecule has 5 aromatic rings. The van der Waals surface area contributed by atoms with Crippen molar-refractivity contribution in [1.82, 2.24) is 15.0 Å². The standard InChI is InChI=1S/C27H22N4OS/c1-2-18-11-12-23(33-18)26-25-20(27(32)19-7-3-4-9-22(19)30-25)16-31(26)24-13-10-17(15-29-24)21-8-5-6-14-28-21/h3-15,26H,2,16H2,1H3,(H,30,32). The van der Waals surface area contributed by atoms with Crippen molar-refractivity contribution in [2.24, 2.45) is 0 Å². The maximum atomic E-state index is 13.4. The number of aromatic nitrogens is 3. The Balaban J connectivity index is 1.48. The van der Waals surface area contributed by atoms with Crippen molar-refractivity contribution in [1.29, 1.82) is 0 Å². The van der Waals surface area contributed by atoms with E-state index in [9.17, 15) is 4.79 Å². The summed E-state index contributed by atoms with van der Waals surface area (Å²) >= 11 is 1.80. The molecule has 0 amide bonds. The Morgan fingerprint density at radius 2 is 1.91 bits per heavy atom. The SMILES string of the molecule is CCc1ccc(C2c3[nH]c4ccccc4c(=O)c3CN2c2ccc(-c3ccccn3)cn2)s1. The molecule has 1 aliphatic heterocycles. The zero-order valence-electron chi connectivity index (χ0n) is 18.2. The first-order valence-corrected chi connectivity index (χ1v) is 11.9. The highest BCUT2D eigenvalue weighted by Crippen LogP contribution is 2.42. The molecule has 0 aliphatic carbocycles. The number of benzene rings is 1. The molecule has 1 unspecified atom stereocenters. The second-order valence-electron chi connectivity index (χ2n) is 8.20. The van der Waals surface area contributed by atoms with Gasteiger partial charge in [0.05, 0.1) is 17.9 Å². The minimum atomic E-state index is -0.0733. The molecule has 6 heteroatoms. The van der Waals surface area contributed by atoms with Gasteiger partial charge in [-0.15, -0.1) is 11.3 Å². The highest BCUT2D eigenvalue weighted by atomic mass is 32.1. The molecule has 5 heterocycles. The van der Waals surface area contributed by atoms with E-state index in [0.717, 1.165) is 45.7 Å². The third kappa shape index (κ3) is 3.34. The monoisotopic (exact) mass is 450 g/mol. The number of nitrogens with zero attached hydrogens (tertiary/aromatic N) is 3. The van der Waals surface area contributed by atoms with Crippen LogP contribution >= 0.6 is 11.3 Å². The fraction of sp³-hybridized carbons (Fsp3) is 0.148. The molecule has 1 N–H and O–H groups in total. The molecule has 6 rings (SSSR count). The van der Waals surface area contributed by atoms with Crippen molar-refractivity contribution in [3.8, 4) is 11.3 Å². The lowest BCUT2D eigenvalue weighted by atomic mass is 10.1. The number of pyridine rings is 3. The summed E-state index contributed by atoms with van der Waals surface area (Å²) in [7, 11) is 0. The molecule has 33 heavy (non-hydrogen) atoms. The highest BCUT2D eigenvalue weighted by molar-refractivity contribution is 7.12. The van der Waals surface area contributed by atoms with Gasteiger partial charge in [0.1, 0.15) is 11.9 Å². The Morgan fingerprint density at radius 3 is 2.67 bits per heavy atom. The number of aromatic amines is 1. The lowest BCUT2D eigenvalue weighted by Gasteiger charge is -2.25. The normalized spacial score (nSPS) is 15.2. The third-order valence-electron chi connectivity index (χ3n) is 6.26. The zero-order chi connectivity index (χ0) is 22.4. The van der Waals surface area contributed by atoms with Gasteiger partial charge in [-0.25, -0.2) is 4.98 Å². The van der Waals surface area contributed by atoms with Crippen LogP contribution in [-0.4, -0.2) is 15.0 Å². The molecule has 4 aromatic heterocycles. The Labute approximate surface area is 195 Å². The Bertz CT molecular complexity index is 1510. The van der Waals surface area contributed by atoms with E-state index in [0.29, 0.717) is 6.54 Å². The average molecular weight is 451 g/mol. The number of rotatable bonds is 4. The number of thiophene rings is 1. The van der Waals surface area contributed by atoms with E-state index < -0.39 is 0 Å². The van der Waals surface area contributed by atoms with E-state index in [-0.39, 0.29) is 11.5 Å². The first-order chi connectivity index (χ1) is 16.2. The van der Waals surface area contributed by atoms with Crippen molar-refractivity contribution in [3.63, 3.8) is 0 Å². The van der Waals surface area contributed by atoms with Crippen LogP contribution in [0.15, 0.2) is 83.9 Å². The molecule has 1 atom stereocenters. The molecule has 0 saturated carbocycles. The lowest BCUT2D eigenvalue weighted by molar-refractivity contribution is 0.756.